The zero-order valence-electron chi connectivity index (χ0n) is 16.8. The lowest BCUT2D eigenvalue weighted by Crippen LogP contribution is -2.49. The number of piperazine rings is 1. The maximum Gasteiger partial charge on any atom is 0.289 e. The Labute approximate surface area is 170 Å². The molecular formula is C22H25N5O2. The molecule has 7 heteroatoms. The summed E-state index contributed by atoms with van der Waals surface area (Å²) in [7, 11) is 0. The van der Waals surface area contributed by atoms with E-state index in [9.17, 15) is 4.79 Å². The van der Waals surface area contributed by atoms with E-state index in [0.717, 1.165) is 24.6 Å². The van der Waals surface area contributed by atoms with E-state index in [4.69, 9.17) is 9.40 Å². The van der Waals surface area contributed by atoms with Crippen LogP contribution in [-0.4, -0.2) is 47.0 Å². The molecule has 1 saturated heterocycles. The lowest BCUT2D eigenvalue weighted by atomic mass is 10.1. The smallest absolute Gasteiger partial charge is 0.289 e. The number of aromatic nitrogens is 2. The Bertz CT molecular complexity index is 961. The summed E-state index contributed by atoms with van der Waals surface area (Å²) in [6, 6.07) is 13.8. The summed E-state index contributed by atoms with van der Waals surface area (Å²) in [5, 5.41) is 3.32. The molecule has 1 N–H and O–H groups in total. The van der Waals surface area contributed by atoms with Crippen molar-refractivity contribution in [3.8, 4) is 0 Å². The van der Waals surface area contributed by atoms with Crippen molar-refractivity contribution in [2.75, 3.05) is 36.4 Å². The average molecular weight is 391 g/mol. The Morgan fingerprint density at radius 1 is 1.07 bits per heavy atom. The van der Waals surface area contributed by atoms with E-state index < -0.39 is 0 Å². The van der Waals surface area contributed by atoms with Crippen LogP contribution >= 0.6 is 0 Å². The molecule has 0 saturated carbocycles. The van der Waals surface area contributed by atoms with Crippen LogP contribution in [0.25, 0.3) is 0 Å². The summed E-state index contributed by atoms with van der Waals surface area (Å²) in [4.78, 5) is 25.6. The maximum absolute atomic E-state index is 12.4. The fourth-order valence-electron chi connectivity index (χ4n) is 3.37. The summed E-state index contributed by atoms with van der Waals surface area (Å²) in [5.74, 6) is 1.83. The predicted octanol–water partition coefficient (Wildman–Crippen LogP) is 3.26. The Hall–Kier alpha value is -3.35. The number of nitrogens with zero attached hydrogens (tertiary/aromatic N) is 4. The number of furan rings is 1. The van der Waals surface area contributed by atoms with Crippen molar-refractivity contribution in [1.82, 2.24) is 14.9 Å². The van der Waals surface area contributed by atoms with E-state index in [-0.39, 0.29) is 5.91 Å². The van der Waals surface area contributed by atoms with Crippen LogP contribution in [0.15, 0.2) is 53.1 Å². The fourth-order valence-corrected chi connectivity index (χ4v) is 3.37. The minimum atomic E-state index is -0.0611. The van der Waals surface area contributed by atoms with Crippen LogP contribution in [0.4, 0.5) is 11.8 Å². The highest BCUT2D eigenvalue weighted by atomic mass is 16.3. The molecule has 0 radical (unpaired) electrons. The Kier molecular flexibility index (Phi) is 5.46. The quantitative estimate of drug-likeness (QED) is 0.720. The van der Waals surface area contributed by atoms with Gasteiger partial charge in [-0.3, -0.25) is 4.79 Å². The molecule has 1 amide bonds. The molecule has 0 spiro atoms. The second-order valence-corrected chi connectivity index (χ2v) is 7.29. The van der Waals surface area contributed by atoms with Crippen LogP contribution in [0.3, 0.4) is 0 Å². The van der Waals surface area contributed by atoms with Gasteiger partial charge in [-0.05, 0) is 31.5 Å². The molecule has 7 nitrogen and oxygen atoms in total. The molecular weight excluding hydrogens is 366 g/mol. The van der Waals surface area contributed by atoms with E-state index in [1.807, 2.05) is 17.9 Å². The summed E-state index contributed by atoms with van der Waals surface area (Å²) in [6.45, 7) is 7.44. The molecule has 1 aliphatic rings. The minimum absolute atomic E-state index is 0.0611. The zero-order chi connectivity index (χ0) is 20.2. The van der Waals surface area contributed by atoms with Gasteiger partial charge in [0.05, 0.1) is 6.26 Å². The molecule has 0 aliphatic carbocycles. The van der Waals surface area contributed by atoms with Crippen molar-refractivity contribution in [1.29, 1.82) is 0 Å². The van der Waals surface area contributed by atoms with Gasteiger partial charge in [-0.25, -0.2) is 4.98 Å². The number of benzene rings is 1. The number of aryl methyl sites for hydroxylation is 2. The average Bonchev–Trinajstić information content (AvgIpc) is 3.27. The van der Waals surface area contributed by atoms with Crippen LogP contribution in [0.5, 0.6) is 0 Å². The van der Waals surface area contributed by atoms with Crippen LogP contribution in [0.1, 0.15) is 27.4 Å². The van der Waals surface area contributed by atoms with Gasteiger partial charge in [-0.2, -0.15) is 4.98 Å². The van der Waals surface area contributed by atoms with Crippen molar-refractivity contribution in [2.45, 2.75) is 20.4 Å². The van der Waals surface area contributed by atoms with Crippen LogP contribution in [0.2, 0.25) is 0 Å². The first-order chi connectivity index (χ1) is 14.1. The van der Waals surface area contributed by atoms with Crippen molar-refractivity contribution in [2.24, 2.45) is 0 Å². The van der Waals surface area contributed by atoms with Crippen molar-refractivity contribution < 1.29 is 9.21 Å². The lowest BCUT2D eigenvalue weighted by molar-refractivity contribution is 0.0714. The number of hydrogen-bond acceptors (Lipinski definition) is 6. The number of carbonyl (C=O) groups excluding carboxylic acids is 1. The van der Waals surface area contributed by atoms with Crippen LogP contribution in [0, 0.1) is 13.8 Å². The molecule has 2 aromatic heterocycles. The Balaban J connectivity index is 1.39. The molecule has 4 rings (SSSR count). The SMILES string of the molecule is Cc1ccc(CNc2nc(C)cc(N3CCN(C(=O)c4ccco4)CC3)n2)cc1. The molecule has 150 valence electrons. The standard InChI is InChI=1S/C22H25N5O2/c1-16-5-7-18(8-6-16)15-23-22-24-17(2)14-20(25-22)26-9-11-27(12-10-26)21(28)19-4-3-13-29-19/h3-8,13-14H,9-12,15H2,1-2H3,(H,23,24,25). The summed E-state index contributed by atoms with van der Waals surface area (Å²) < 4.78 is 5.23. The molecule has 3 heterocycles. The third-order valence-corrected chi connectivity index (χ3v) is 5.03. The summed E-state index contributed by atoms with van der Waals surface area (Å²) in [5.41, 5.74) is 3.34. The number of carbonyl (C=O) groups is 1. The number of amides is 1. The molecule has 29 heavy (non-hydrogen) atoms. The first-order valence-electron chi connectivity index (χ1n) is 9.81. The zero-order valence-corrected chi connectivity index (χ0v) is 16.8. The predicted molar refractivity (Wildman–Crippen MR) is 112 cm³/mol. The second-order valence-electron chi connectivity index (χ2n) is 7.29. The number of hydrogen-bond donors (Lipinski definition) is 1. The highest BCUT2D eigenvalue weighted by molar-refractivity contribution is 5.91. The molecule has 0 unspecified atom stereocenters. The van der Waals surface area contributed by atoms with Gasteiger partial charge in [-0.1, -0.05) is 29.8 Å². The molecule has 1 aliphatic heterocycles. The number of anilines is 2. The molecule has 3 aromatic rings. The maximum atomic E-state index is 12.4. The summed E-state index contributed by atoms with van der Waals surface area (Å²) in [6.07, 6.45) is 1.53. The minimum Gasteiger partial charge on any atom is -0.459 e. The molecule has 0 atom stereocenters. The lowest BCUT2D eigenvalue weighted by Gasteiger charge is -2.35. The van der Waals surface area contributed by atoms with E-state index >= 15 is 0 Å². The Morgan fingerprint density at radius 3 is 2.52 bits per heavy atom. The number of rotatable bonds is 5. The van der Waals surface area contributed by atoms with Gasteiger partial charge in [0.25, 0.3) is 5.91 Å². The Morgan fingerprint density at radius 2 is 1.83 bits per heavy atom. The van der Waals surface area contributed by atoms with Gasteiger partial charge < -0.3 is 19.5 Å². The van der Waals surface area contributed by atoms with Crippen LogP contribution < -0.4 is 10.2 Å². The normalized spacial score (nSPS) is 14.1. The van der Waals surface area contributed by atoms with Gasteiger partial charge in [0.15, 0.2) is 5.76 Å². The summed E-state index contributed by atoms with van der Waals surface area (Å²) >= 11 is 0. The largest absolute Gasteiger partial charge is 0.459 e. The van der Waals surface area contributed by atoms with E-state index in [1.54, 1.807) is 12.1 Å². The van der Waals surface area contributed by atoms with E-state index in [2.05, 4.69) is 46.4 Å². The van der Waals surface area contributed by atoms with E-state index in [1.165, 1.54) is 17.4 Å². The van der Waals surface area contributed by atoms with E-state index in [0.29, 0.717) is 31.3 Å². The topological polar surface area (TPSA) is 74.5 Å². The fraction of sp³-hybridized carbons (Fsp3) is 0.318. The van der Waals surface area contributed by atoms with Gasteiger partial charge >= 0.3 is 0 Å². The third kappa shape index (κ3) is 4.56. The van der Waals surface area contributed by atoms with Gasteiger partial charge in [0, 0.05) is 44.5 Å². The van der Waals surface area contributed by atoms with Crippen LogP contribution in [-0.2, 0) is 6.54 Å². The highest BCUT2D eigenvalue weighted by Gasteiger charge is 2.24. The molecule has 1 aromatic carbocycles. The van der Waals surface area contributed by atoms with Crippen molar-refractivity contribution in [3.63, 3.8) is 0 Å². The highest BCUT2D eigenvalue weighted by Crippen LogP contribution is 2.18. The van der Waals surface area contributed by atoms with Gasteiger partial charge in [0.1, 0.15) is 5.82 Å². The first-order valence-corrected chi connectivity index (χ1v) is 9.81. The second kappa shape index (κ2) is 8.34. The third-order valence-electron chi connectivity index (χ3n) is 5.03. The van der Waals surface area contributed by atoms with Gasteiger partial charge in [-0.15, -0.1) is 0 Å². The van der Waals surface area contributed by atoms with Crippen molar-refractivity contribution >= 4 is 17.7 Å². The molecule has 1 fully saturated rings. The van der Waals surface area contributed by atoms with Gasteiger partial charge in [0.2, 0.25) is 5.95 Å². The first kappa shape index (κ1) is 19.0. The molecule has 0 bridgehead atoms. The number of nitrogens with one attached hydrogen (secondary N) is 1. The van der Waals surface area contributed by atoms with Crippen molar-refractivity contribution in [3.05, 3.63) is 71.3 Å². The monoisotopic (exact) mass is 391 g/mol.